The van der Waals surface area contributed by atoms with Crippen LogP contribution >= 0.6 is 0 Å². The number of benzene rings is 1. The SMILES string of the molecule is CCC(=O)CC(C)(C)C(C)(CC(=O)Oc1c(F)c(F)c(F)c(F)c1F)C(C)(C)C. The van der Waals surface area contributed by atoms with Crippen LogP contribution in [0.15, 0.2) is 0 Å². The van der Waals surface area contributed by atoms with Crippen molar-refractivity contribution in [1.29, 1.82) is 0 Å². The number of carbonyl (C=O) groups excluding carboxylic acids is 2. The van der Waals surface area contributed by atoms with Crippen LogP contribution in [0.2, 0.25) is 0 Å². The van der Waals surface area contributed by atoms with Gasteiger partial charge in [-0.3, -0.25) is 9.59 Å². The van der Waals surface area contributed by atoms with Crippen LogP contribution in [0.4, 0.5) is 22.0 Å². The van der Waals surface area contributed by atoms with E-state index >= 15 is 0 Å². The van der Waals surface area contributed by atoms with Gasteiger partial charge in [0.2, 0.25) is 34.8 Å². The molecule has 0 N–H and O–H groups in total. The van der Waals surface area contributed by atoms with Gasteiger partial charge in [0.25, 0.3) is 0 Å². The zero-order valence-corrected chi connectivity index (χ0v) is 17.7. The van der Waals surface area contributed by atoms with Crippen LogP contribution in [0.5, 0.6) is 5.75 Å². The fourth-order valence-corrected chi connectivity index (χ4v) is 3.45. The van der Waals surface area contributed by atoms with E-state index in [4.69, 9.17) is 0 Å². The average molecular weight is 422 g/mol. The number of ether oxygens (including phenoxy) is 1. The lowest BCUT2D eigenvalue weighted by atomic mass is 9.52. The highest BCUT2D eigenvalue weighted by atomic mass is 19.2. The molecular weight excluding hydrogens is 395 g/mol. The summed E-state index contributed by atoms with van der Waals surface area (Å²) in [6.07, 6.45) is 0.0473. The van der Waals surface area contributed by atoms with E-state index in [1.54, 1.807) is 27.7 Å². The average Bonchev–Trinajstić information content (AvgIpc) is 2.60. The van der Waals surface area contributed by atoms with E-state index in [0.717, 1.165) is 0 Å². The first-order chi connectivity index (χ1) is 13.0. The summed E-state index contributed by atoms with van der Waals surface area (Å²) < 4.78 is 72.2. The number of hydrogen-bond donors (Lipinski definition) is 0. The van der Waals surface area contributed by atoms with Crippen molar-refractivity contribution in [3.05, 3.63) is 29.1 Å². The normalized spacial score (nSPS) is 14.5. The molecule has 1 rings (SSSR count). The highest BCUT2D eigenvalue weighted by molar-refractivity contribution is 5.79. The molecule has 1 aromatic carbocycles. The fraction of sp³-hybridized carbons (Fsp3) is 0.619. The van der Waals surface area contributed by atoms with Crippen molar-refractivity contribution in [1.82, 2.24) is 0 Å². The molecule has 0 aliphatic heterocycles. The van der Waals surface area contributed by atoms with Crippen LogP contribution in [0.25, 0.3) is 0 Å². The number of esters is 1. The van der Waals surface area contributed by atoms with Crippen molar-refractivity contribution in [2.75, 3.05) is 0 Å². The van der Waals surface area contributed by atoms with Gasteiger partial charge < -0.3 is 4.74 Å². The Morgan fingerprint density at radius 2 is 1.17 bits per heavy atom. The molecule has 1 unspecified atom stereocenters. The topological polar surface area (TPSA) is 43.4 Å². The lowest BCUT2D eigenvalue weighted by Gasteiger charge is -2.52. The van der Waals surface area contributed by atoms with Crippen molar-refractivity contribution in [3.8, 4) is 5.75 Å². The van der Waals surface area contributed by atoms with E-state index in [0.29, 0.717) is 6.42 Å². The Hall–Kier alpha value is -1.99. The molecule has 0 aromatic heterocycles. The second-order valence-electron chi connectivity index (χ2n) is 9.08. The van der Waals surface area contributed by atoms with Gasteiger partial charge in [0.05, 0.1) is 6.42 Å². The molecule has 0 bridgehead atoms. The minimum absolute atomic E-state index is 0.0291. The molecule has 29 heavy (non-hydrogen) atoms. The van der Waals surface area contributed by atoms with Crippen molar-refractivity contribution < 1.29 is 36.3 Å². The molecule has 164 valence electrons. The molecule has 0 saturated carbocycles. The van der Waals surface area contributed by atoms with Gasteiger partial charge in [0.15, 0.2) is 0 Å². The fourth-order valence-electron chi connectivity index (χ4n) is 3.45. The Bertz CT molecular complexity index is 783. The van der Waals surface area contributed by atoms with Crippen LogP contribution in [0.1, 0.15) is 67.7 Å². The molecule has 0 aliphatic carbocycles. The number of carbonyl (C=O) groups is 2. The zero-order chi connectivity index (χ0) is 22.9. The predicted octanol–water partition coefficient (Wildman–Crippen LogP) is 6.13. The molecule has 0 aliphatic rings. The Morgan fingerprint density at radius 3 is 1.55 bits per heavy atom. The van der Waals surface area contributed by atoms with E-state index in [1.165, 1.54) is 0 Å². The lowest BCUT2D eigenvalue weighted by molar-refractivity contribution is -0.146. The summed E-state index contributed by atoms with van der Waals surface area (Å²) in [6, 6.07) is 0. The zero-order valence-electron chi connectivity index (χ0n) is 17.7. The van der Waals surface area contributed by atoms with Gasteiger partial charge in [-0.1, -0.05) is 48.5 Å². The van der Waals surface area contributed by atoms with Crippen LogP contribution in [0.3, 0.4) is 0 Å². The third-order valence-corrected chi connectivity index (χ3v) is 6.07. The number of Topliss-reactive ketones (excluding diaryl/α,β-unsaturated/α-hetero) is 1. The maximum absolute atomic E-state index is 13.8. The number of ketones is 1. The molecule has 1 aromatic rings. The van der Waals surface area contributed by atoms with E-state index in [2.05, 4.69) is 4.74 Å². The van der Waals surface area contributed by atoms with Gasteiger partial charge in [-0.15, -0.1) is 0 Å². The molecule has 0 fully saturated rings. The van der Waals surface area contributed by atoms with Crippen molar-refractivity contribution in [2.24, 2.45) is 16.2 Å². The second-order valence-corrected chi connectivity index (χ2v) is 9.08. The van der Waals surface area contributed by atoms with E-state index in [-0.39, 0.29) is 12.2 Å². The number of halogens is 5. The number of hydrogen-bond acceptors (Lipinski definition) is 3. The summed E-state index contributed by atoms with van der Waals surface area (Å²) in [4.78, 5) is 24.5. The molecule has 0 amide bonds. The Labute approximate surface area is 167 Å². The van der Waals surface area contributed by atoms with Crippen LogP contribution in [-0.4, -0.2) is 11.8 Å². The van der Waals surface area contributed by atoms with Crippen LogP contribution in [-0.2, 0) is 9.59 Å². The van der Waals surface area contributed by atoms with Crippen molar-refractivity contribution in [2.45, 2.75) is 67.7 Å². The van der Waals surface area contributed by atoms with Gasteiger partial charge in [-0.2, -0.15) is 8.78 Å². The minimum atomic E-state index is -2.33. The highest BCUT2D eigenvalue weighted by Gasteiger charge is 2.51. The molecule has 0 spiro atoms. The Kier molecular flexibility index (Phi) is 7.25. The molecular formula is C21H27F5O3. The highest BCUT2D eigenvalue weighted by Crippen LogP contribution is 2.55. The molecule has 1 atom stereocenters. The molecule has 0 radical (unpaired) electrons. The van der Waals surface area contributed by atoms with Gasteiger partial charge >= 0.3 is 5.97 Å². The third kappa shape index (κ3) is 4.78. The van der Waals surface area contributed by atoms with Crippen molar-refractivity contribution >= 4 is 11.8 Å². The molecule has 0 heterocycles. The maximum atomic E-state index is 13.8. The van der Waals surface area contributed by atoms with Crippen molar-refractivity contribution in [3.63, 3.8) is 0 Å². The smallest absolute Gasteiger partial charge is 0.311 e. The maximum Gasteiger partial charge on any atom is 0.311 e. The predicted molar refractivity (Wildman–Crippen MR) is 97.7 cm³/mol. The van der Waals surface area contributed by atoms with E-state index in [1.807, 2.05) is 20.8 Å². The lowest BCUT2D eigenvalue weighted by Crippen LogP contribution is -2.48. The molecule has 8 heteroatoms. The second kappa shape index (κ2) is 8.40. The van der Waals surface area contributed by atoms with E-state index in [9.17, 15) is 31.5 Å². The first-order valence-corrected chi connectivity index (χ1v) is 9.24. The first kappa shape index (κ1) is 25.0. The Balaban J connectivity index is 3.31. The summed E-state index contributed by atoms with van der Waals surface area (Å²) in [5.74, 6) is -14.0. The standard InChI is InChI=1S/C21H27F5O3/c1-8-11(27)9-20(5,6)21(7,19(2,3)4)10-12(28)29-18-16(25)14(23)13(22)15(24)17(18)26/h8-10H2,1-7H3. The van der Waals surface area contributed by atoms with Gasteiger partial charge in [0.1, 0.15) is 5.78 Å². The Morgan fingerprint density at radius 1 is 0.759 bits per heavy atom. The summed E-state index contributed by atoms with van der Waals surface area (Å²) in [7, 11) is 0. The summed E-state index contributed by atoms with van der Waals surface area (Å²) in [5.41, 5.74) is -2.21. The van der Waals surface area contributed by atoms with Crippen LogP contribution < -0.4 is 4.74 Å². The molecule has 0 saturated heterocycles. The van der Waals surface area contributed by atoms with Gasteiger partial charge in [0, 0.05) is 12.8 Å². The number of rotatable bonds is 7. The minimum Gasteiger partial charge on any atom is -0.420 e. The summed E-state index contributed by atoms with van der Waals surface area (Å²) in [6.45, 7) is 12.5. The largest absolute Gasteiger partial charge is 0.420 e. The monoisotopic (exact) mass is 422 g/mol. The van der Waals surface area contributed by atoms with Gasteiger partial charge in [-0.25, -0.2) is 13.2 Å². The van der Waals surface area contributed by atoms with Gasteiger partial charge in [-0.05, 0) is 16.2 Å². The van der Waals surface area contributed by atoms with Crippen LogP contribution in [0, 0.1) is 45.3 Å². The molecule has 3 nitrogen and oxygen atoms in total. The first-order valence-electron chi connectivity index (χ1n) is 9.24. The third-order valence-electron chi connectivity index (χ3n) is 6.07. The van der Waals surface area contributed by atoms with E-state index < -0.39 is 63.5 Å². The quantitative estimate of drug-likeness (QED) is 0.175. The summed E-state index contributed by atoms with van der Waals surface area (Å²) in [5, 5.41) is 0. The summed E-state index contributed by atoms with van der Waals surface area (Å²) >= 11 is 0.